The lowest BCUT2D eigenvalue weighted by Crippen LogP contribution is -2.37. The van der Waals surface area contributed by atoms with Crippen LogP contribution in [0.15, 0.2) is 47.6 Å². The van der Waals surface area contributed by atoms with E-state index >= 15 is 0 Å². The predicted octanol–water partition coefficient (Wildman–Crippen LogP) is 6.15. The Hall–Kier alpha value is -1.62. The molecule has 1 aromatic carbocycles. The van der Waals surface area contributed by atoms with Gasteiger partial charge in [0.15, 0.2) is 0 Å². The summed E-state index contributed by atoms with van der Waals surface area (Å²) >= 11 is 0. The van der Waals surface area contributed by atoms with Gasteiger partial charge in [-0.1, -0.05) is 56.2 Å². The van der Waals surface area contributed by atoms with Crippen molar-refractivity contribution < 1.29 is 20.1 Å². The summed E-state index contributed by atoms with van der Waals surface area (Å²) in [4.78, 5) is 0. The monoisotopic (exact) mass is 482 g/mol. The van der Waals surface area contributed by atoms with Gasteiger partial charge in [0.05, 0.1) is 24.4 Å². The van der Waals surface area contributed by atoms with Crippen molar-refractivity contribution in [2.24, 2.45) is 29.1 Å². The number of rotatable bonds is 6. The molecule has 4 unspecified atom stereocenters. The summed E-state index contributed by atoms with van der Waals surface area (Å²) in [5.41, 5.74) is 3.03. The van der Waals surface area contributed by atoms with Gasteiger partial charge in [0.1, 0.15) is 5.75 Å². The van der Waals surface area contributed by atoms with E-state index in [1.165, 1.54) is 31.3 Å². The average Bonchev–Trinajstić information content (AvgIpc) is 3.16. The van der Waals surface area contributed by atoms with E-state index in [0.29, 0.717) is 42.6 Å². The standard InChI is InChI=1S/C31H46O4/c1-20(19-35-25-10-6-9-24(18-25)30(3,4)34)26-13-14-27-23(8-7-15-31(26,27)5)12-11-22-16-28(32)21(2)29(33)17-22/h6,9-12,18,20-21,26-29,32-34H,7-8,13-17,19H2,1-5H3/b22-11?,23-12+/t20-,21?,26?,27?,28+,29?,31-/m0/s1. The van der Waals surface area contributed by atoms with Gasteiger partial charge < -0.3 is 20.1 Å². The largest absolute Gasteiger partial charge is 0.493 e. The third-order valence-electron chi connectivity index (χ3n) is 9.47. The quantitative estimate of drug-likeness (QED) is 0.455. The molecule has 3 fully saturated rings. The van der Waals surface area contributed by atoms with E-state index in [9.17, 15) is 15.3 Å². The number of hydrogen-bond acceptors (Lipinski definition) is 4. The van der Waals surface area contributed by atoms with Crippen LogP contribution in [0.5, 0.6) is 5.75 Å². The maximum absolute atomic E-state index is 10.3. The third kappa shape index (κ3) is 5.70. The molecule has 3 N–H and O–H groups in total. The molecule has 0 heterocycles. The van der Waals surface area contributed by atoms with Crippen LogP contribution in [-0.4, -0.2) is 34.1 Å². The minimum Gasteiger partial charge on any atom is -0.493 e. The third-order valence-corrected chi connectivity index (χ3v) is 9.47. The zero-order chi connectivity index (χ0) is 25.4. The fraction of sp³-hybridized carbons (Fsp3) is 0.677. The molecule has 0 amide bonds. The molecule has 0 bridgehead atoms. The van der Waals surface area contributed by atoms with Crippen LogP contribution < -0.4 is 4.74 Å². The summed E-state index contributed by atoms with van der Waals surface area (Å²) in [6, 6.07) is 7.84. The molecule has 4 heteroatoms. The first-order valence-corrected chi connectivity index (χ1v) is 13.7. The Balaban J connectivity index is 1.42. The van der Waals surface area contributed by atoms with Crippen LogP contribution >= 0.6 is 0 Å². The van der Waals surface area contributed by atoms with E-state index in [1.54, 1.807) is 19.4 Å². The smallest absolute Gasteiger partial charge is 0.119 e. The second kappa shape index (κ2) is 10.4. The van der Waals surface area contributed by atoms with Crippen molar-refractivity contribution >= 4 is 0 Å². The van der Waals surface area contributed by atoms with Crippen LogP contribution in [0.25, 0.3) is 0 Å². The molecule has 7 atom stereocenters. The maximum Gasteiger partial charge on any atom is 0.119 e. The van der Waals surface area contributed by atoms with Crippen molar-refractivity contribution in [2.45, 2.75) is 97.4 Å². The summed E-state index contributed by atoms with van der Waals surface area (Å²) in [7, 11) is 0. The first-order chi connectivity index (χ1) is 16.5. The Kier molecular flexibility index (Phi) is 7.85. The second-order valence-corrected chi connectivity index (χ2v) is 12.4. The number of aliphatic hydroxyl groups is 3. The number of allylic oxidation sites excluding steroid dienone is 3. The van der Waals surface area contributed by atoms with Crippen molar-refractivity contribution in [3.63, 3.8) is 0 Å². The van der Waals surface area contributed by atoms with E-state index < -0.39 is 17.8 Å². The van der Waals surface area contributed by atoms with Crippen LogP contribution in [0, 0.1) is 29.1 Å². The van der Waals surface area contributed by atoms with Crippen LogP contribution in [0.3, 0.4) is 0 Å². The van der Waals surface area contributed by atoms with Crippen molar-refractivity contribution in [3.8, 4) is 5.75 Å². The van der Waals surface area contributed by atoms with Crippen LogP contribution in [0.2, 0.25) is 0 Å². The molecule has 3 aliphatic carbocycles. The molecule has 0 saturated heterocycles. The average molecular weight is 483 g/mol. The minimum absolute atomic E-state index is 0.0466. The van der Waals surface area contributed by atoms with Crippen molar-refractivity contribution in [2.75, 3.05) is 6.61 Å². The molecular formula is C31H46O4. The normalized spacial score (nSPS) is 36.9. The summed E-state index contributed by atoms with van der Waals surface area (Å²) in [6.07, 6.45) is 11.1. The number of ether oxygens (including phenoxy) is 1. The van der Waals surface area contributed by atoms with Gasteiger partial charge in [-0.2, -0.15) is 0 Å². The Bertz CT molecular complexity index is 928. The van der Waals surface area contributed by atoms with Crippen molar-refractivity contribution in [1.29, 1.82) is 0 Å². The lowest BCUT2D eigenvalue weighted by molar-refractivity contribution is 0.00406. The van der Waals surface area contributed by atoms with Gasteiger partial charge in [-0.15, -0.1) is 0 Å². The van der Waals surface area contributed by atoms with E-state index in [0.717, 1.165) is 17.7 Å². The minimum atomic E-state index is -0.872. The van der Waals surface area contributed by atoms with Gasteiger partial charge in [0.25, 0.3) is 0 Å². The highest BCUT2D eigenvalue weighted by Gasteiger charge is 2.50. The summed E-state index contributed by atoms with van der Waals surface area (Å²) in [5, 5.41) is 30.9. The van der Waals surface area contributed by atoms with Crippen LogP contribution in [0.1, 0.15) is 85.1 Å². The van der Waals surface area contributed by atoms with Crippen LogP contribution in [0.4, 0.5) is 0 Å². The Labute approximate surface area is 212 Å². The van der Waals surface area contributed by atoms with Gasteiger partial charge in [-0.3, -0.25) is 0 Å². The van der Waals surface area contributed by atoms with Crippen molar-refractivity contribution in [3.05, 3.63) is 53.1 Å². The van der Waals surface area contributed by atoms with E-state index in [2.05, 4.69) is 26.0 Å². The van der Waals surface area contributed by atoms with Gasteiger partial charge in [0, 0.05) is 5.92 Å². The van der Waals surface area contributed by atoms with Gasteiger partial charge in [-0.05, 0) is 99.7 Å². The van der Waals surface area contributed by atoms with E-state index in [1.807, 2.05) is 31.2 Å². The first kappa shape index (κ1) is 26.4. The van der Waals surface area contributed by atoms with Gasteiger partial charge >= 0.3 is 0 Å². The summed E-state index contributed by atoms with van der Waals surface area (Å²) in [5.74, 6) is 2.48. The second-order valence-electron chi connectivity index (χ2n) is 12.4. The Morgan fingerprint density at radius 2 is 1.86 bits per heavy atom. The molecule has 0 aromatic heterocycles. The molecule has 4 nitrogen and oxygen atoms in total. The highest BCUT2D eigenvalue weighted by molar-refractivity contribution is 5.32. The number of fused-ring (bicyclic) bond motifs is 1. The summed E-state index contributed by atoms with van der Waals surface area (Å²) < 4.78 is 6.24. The van der Waals surface area contributed by atoms with Crippen LogP contribution in [-0.2, 0) is 5.60 Å². The molecule has 194 valence electrons. The molecule has 4 rings (SSSR count). The molecule has 3 saturated carbocycles. The van der Waals surface area contributed by atoms with E-state index in [4.69, 9.17) is 4.74 Å². The molecular weight excluding hydrogens is 436 g/mol. The fourth-order valence-electron chi connectivity index (χ4n) is 7.13. The molecule has 0 aliphatic heterocycles. The van der Waals surface area contributed by atoms with E-state index in [-0.39, 0.29) is 5.92 Å². The Morgan fingerprint density at radius 3 is 2.54 bits per heavy atom. The van der Waals surface area contributed by atoms with Gasteiger partial charge in [-0.25, -0.2) is 0 Å². The van der Waals surface area contributed by atoms with Crippen molar-refractivity contribution in [1.82, 2.24) is 0 Å². The Morgan fingerprint density at radius 1 is 1.14 bits per heavy atom. The fourth-order valence-corrected chi connectivity index (χ4v) is 7.13. The molecule has 1 aromatic rings. The number of hydrogen-bond donors (Lipinski definition) is 3. The number of benzene rings is 1. The topological polar surface area (TPSA) is 69.9 Å². The molecule has 35 heavy (non-hydrogen) atoms. The molecule has 3 aliphatic rings. The lowest BCUT2D eigenvalue weighted by Gasteiger charge is -2.44. The lowest BCUT2D eigenvalue weighted by atomic mass is 9.61. The zero-order valence-corrected chi connectivity index (χ0v) is 22.3. The first-order valence-electron chi connectivity index (χ1n) is 13.7. The highest BCUT2D eigenvalue weighted by Crippen LogP contribution is 2.59. The highest BCUT2D eigenvalue weighted by atomic mass is 16.5. The SMILES string of the molecule is CC1C(O)CC(=C/C=C2\CCC[C@]3(C)C2CCC3[C@@H](C)COc2cccc(C(C)(C)O)c2)C[C@H]1O. The molecule has 0 spiro atoms. The number of aliphatic hydroxyl groups excluding tert-OH is 2. The molecule has 0 radical (unpaired) electrons. The summed E-state index contributed by atoms with van der Waals surface area (Å²) in [6.45, 7) is 11.1. The van der Waals surface area contributed by atoms with Gasteiger partial charge in [0.2, 0.25) is 0 Å². The maximum atomic E-state index is 10.3. The zero-order valence-electron chi connectivity index (χ0n) is 22.3. The predicted molar refractivity (Wildman–Crippen MR) is 141 cm³/mol.